The standard InChI is InChI=1S/C12H11ClN2O4S/c13-9-2-1-8(20-9)11(17)14-3-7(4-14)5-15-10(16)6-19-12(15)18/h1-2,7H,3-6H2. The van der Waals surface area contributed by atoms with Crippen molar-refractivity contribution in [2.24, 2.45) is 5.92 Å². The van der Waals surface area contributed by atoms with Gasteiger partial charge in [0.25, 0.3) is 11.8 Å². The van der Waals surface area contributed by atoms with Gasteiger partial charge in [-0.05, 0) is 12.1 Å². The van der Waals surface area contributed by atoms with Gasteiger partial charge in [-0.3, -0.25) is 9.59 Å². The minimum absolute atomic E-state index is 0.0616. The van der Waals surface area contributed by atoms with E-state index >= 15 is 0 Å². The summed E-state index contributed by atoms with van der Waals surface area (Å²) < 4.78 is 5.22. The number of hydrogen-bond acceptors (Lipinski definition) is 5. The van der Waals surface area contributed by atoms with Crippen LogP contribution in [0.2, 0.25) is 4.34 Å². The third-order valence-corrected chi connectivity index (χ3v) is 4.53. The second kappa shape index (κ2) is 5.06. The first-order valence-electron chi connectivity index (χ1n) is 6.06. The lowest BCUT2D eigenvalue weighted by Crippen LogP contribution is -2.54. The molecule has 6 nitrogen and oxygen atoms in total. The smallest absolute Gasteiger partial charge is 0.417 e. The molecule has 2 fully saturated rings. The van der Waals surface area contributed by atoms with E-state index in [1.807, 2.05) is 0 Å². The molecule has 0 atom stereocenters. The largest absolute Gasteiger partial charge is 0.439 e. The van der Waals surface area contributed by atoms with Crippen molar-refractivity contribution in [1.82, 2.24) is 9.80 Å². The Kier molecular flexibility index (Phi) is 3.39. The molecule has 0 aliphatic carbocycles. The van der Waals surface area contributed by atoms with Crippen molar-refractivity contribution in [2.75, 3.05) is 26.2 Å². The van der Waals surface area contributed by atoms with E-state index in [1.165, 1.54) is 11.3 Å². The summed E-state index contributed by atoms with van der Waals surface area (Å²) in [7, 11) is 0. The number of rotatable bonds is 3. The SMILES string of the molecule is O=C(c1ccc(Cl)s1)N1CC(CN2C(=O)COC2=O)C1. The predicted octanol–water partition coefficient (Wildman–Crippen LogP) is 1.45. The number of carbonyl (C=O) groups excluding carboxylic acids is 3. The number of hydrogen-bond donors (Lipinski definition) is 0. The lowest BCUT2D eigenvalue weighted by molar-refractivity contribution is -0.126. The highest BCUT2D eigenvalue weighted by Gasteiger charge is 2.38. The molecule has 1 aromatic heterocycles. The number of thiophene rings is 1. The van der Waals surface area contributed by atoms with Crippen LogP contribution in [0.5, 0.6) is 0 Å². The third kappa shape index (κ3) is 2.38. The fourth-order valence-electron chi connectivity index (χ4n) is 2.25. The maximum Gasteiger partial charge on any atom is 0.417 e. The van der Waals surface area contributed by atoms with Crippen LogP contribution in [-0.4, -0.2) is 53.9 Å². The number of likely N-dealkylation sites (tertiary alicyclic amines) is 1. The Morgan fingerprint density at radius 1 is 1.40 bits per heavy atom. The summed E-state index contributed by atoms with van der Waals surface area (Å²) in [5.74, 6) is -0.262. The van der Waals surface area contributed by atoms with Crippen molar-refractivity contribution in [3.8, 4) is 0 Å². The first kappa shape index (κ1) is 13.4. The second-order valence-electron chi connectivity index (χ2n) is 4.74. The van der Waals surface area contributed by atoms with Gasteiger partial charge in [0.15, 0.2) is 6.61 Å². The summed E-state index contributed by atoms with van der Waals surface area (Å²) in [6.45, 7) is 1.20. The quantitative estimate of drug-likeness (QED) is 0.847. The fraction of sp³-hybridized carbons (Fsp3) is 0.417. The average molecular weight is 315 g/mol. The Bertz CT molecular complexity index is 566. The van der Waals surface area contributed by atoms with Crippen LogP contribution in [0.15, 0.2) is 12.1 Å². The van der Waals surface area contributed by atoms with Crippen LogP contribution in [0.4, 0.5) is 4.79 Å². The van der Waals surface area contributed by atoms with E-state index in [-0.39, 0.29) is 24.3 Å². The molecule has 0 unspecified atom stereocenters. The Hall–Kier alpha value is -1.60. The van der Waals surface area contributed by atoms with Gasteiger partial charge >= 0.3 is 6.09 Å². The highest BCUT2D eigenvalue weighted by Crippen LogP contribution is 2.26. The van der Waals surface area contributed by atoms with Crippen LogP contribution in [0, 0.1) is 5.92 Å². The Morgan fingerprint density at radius 3 is 2.70 bits per heavy atom. The predicted molar refractivity (Wildman–Crippen MR) is 71.8 cm³/mol. The molecule has 0 radical (unpaired) electrons. The molecule has 1 aromatic rings. The topological polar surface area (TPSA) is 66.9 Å². The Morgan fingerprint density at radius 2 is 2.15 bits per heavy atom. The summed E-state index contributed by atoms with van der Waals surface area (Å²) in [6, 6.07) is 3.39. The summed E-state index contributed by atoms with van der Waals surface area (Å²) in [4.78, 5) is 38.1. The van der Waals surface area contributed by atoms with E-state index in [9.17, 15) is 14.4 Å². The van der Waals surface area contributed by atoms with Crippen molar-refractivity contribution in [2.45, 2.75) is 0 Å². The van der Waals surface area contributed by atoms with Gasteiger partial charge in [0.05, 0.1) is 9.21 Å². The van der Waals surface area contributed by atoms with Gasteiger partial charge in [-0.15, -0.1) is 11.3 Å². The molecule has 3 rings (SSSR count). The maximum atomic E-state index is 12.1. The monoisotopic (exact) mass is 314 g/mol. The summed E-state index contributed by atoms with van der Waals surface area (Å²) >= 11 is 7.04. The lowest BCUT2D eigenvalue weighted by atomic mass is 9.99. The number of carbonyl (C=O) groups is 3. The van der Waals surface area contributed by atoms with E-state index in [0.29, 0.717) is 28.8 Å². The average Bonchev–Trinajstić information content (AvgIpc) is 2.92. The minimum atomic E-state index is -0.593. The molecule has 3 heterocycles. The molecular formula is C12H11ClN2O4S. The van der Waals surface area contributed by atoms with Crippen molar-refractivity contribution in [3.63, 3.8) is 0 Å². The molecule has 106 valence electrons. The summed E-state index contributed by atoms with van der Waals surface area (Å²) in [5, 5.41) is 0. The van der Waals surface area contributed by atoms with Gasteiger partial charge in [0, 0.05) is 25.6 Å². The molecule has 0 aromatic carbocycles. The highest BCUT2D eigenvalue weighted by molar-refractivity contribution is 7.17. The molecule has 0 spiro atoms. The summed E-state index contributed by atoms with van der Waals surface area (Å²) in [5.41, 5.74) is 0. The number of cyclic esters (lactones) is 1. The van der Waals surface area contributed by atoms with E-state index in [2.05, 4.69) is 4.74 Å². The molecule has 0 saturated carbocycles. The van der Waals surface area contributed by atoms with Crippen LogP contribution in [0.1, 0.15) is 9.67 Å². The van der Waals surface area contributed by atoms with Crippen LogP contribution in [0.25, 0.3) is 0 Å². The van der Waals surface area contributed by atoms with Crippen LogP contribution >= 0.6 is 22.9 Å². The number of nitrogens with zero attached hydrogens (tertiary/aromatic N) is 2. The molecule has 2 aliphatic rings. The molecule has 8 heteroatoms. The van der Waals surface area contributed by atoms with Gasteiger partial charge in [0.1, 0.15) is 0 Å². The number of imide groups is 1. The third-order valence-electron chi connectivity index (χ3n) is 3.31. The maximum absolute atomic E-state index is 12.1. The molecule has 0 bridgehead atoms. The van der Waals surface area contributed by atoms with Crippen molar-refractivity contribution < 1.29 is 19.1 Å². The number of halogens is 1. The molecule has 3 amide bonds. The molecule has 2 aliphatic heterocycles. The minimum Gasteiger partial charge on any atom is -0.439 e. The molecule has 2 saturated heterocycles. The first-order valence-corrected chi connectivity index (χ1v) is 7.26. The zero-order valence-corrected chi connectivity index (χ0v) is 11.9. The molecule has 20 heavy (non-hydrogen) atoms. The van der Waals surface area contributed by atoms with Gasteiger partial charge in [-0.2, -0.15) is 0 Å². The normalized spacial score (nSPS) is 19.2. The van der Waals surface area contributed by atoms with E-state index in [4.69, 9.17) is 11.6 Å². The Balaban J connectivity index is 1.53. The zero-order chi connectivity index (χ0) is 14.3. The van der Waals surface area contributed by atoms with Gasteiger partial charge < -0.3 is 9.64 Å². The van der Waals surface area contributed by atoms with Crippen LogP contribution in [0.3, 0.4) is 0 Å². The van der Waals surface area contributed by atoms with Crippen LogP contribution < -0.4 is 0 Å². The first-order chi connectivity index (χ1) is 9.54. The van der Waals surface area contributed by atoms with Gasteiger partial charge in [-0.25, -0.2) is 9.69 Å². The van der Waals surface area contributed by atoms with Crippen molar-refractivity contribution in [1.29, 1.82) is 0 Å². The number of ether oxygens (including phenoxy) is 1. The summed E-state index contributed by atoms with van der Waals surface area (Å²) in [6.07, 6.45) is -0.593. The van der Waals surface area contributed by atoms with Gasteiger partial charge in [-0.1, -0.05) is 11.6 Å². The fourth-order valence-corrected chi connectivity index (χ4v) is 3.26. The second-order valence-corrected chi connectivity index (χ2v) is 6.45. The van der Waals surface area contributed by atoms with E-state index in [0.717, 1.165) is 4.90 Å². The zero-order valence-electron chi connectivity index (χ0n) is 10.4. The van der Waals surface area contributed by atoms with E-state index in [1.54, 1.807) is 17.0 Å². The lowest BCUT2D eigenvalue weighted by Gasteiger charge is -2.39. The Labute approximate surface area is 123 Å². The molecular weight excluding hydrogens is 304 g/mol. The number of amides is 3. The van der Waals surface area contributed by atoms with E-state index < -0.39 is 6.09 Å². The van der Waals surface area contributed by atoms with Gasteiger partial charge in [0.2, 0.25) is 0 Å². The van der Waals surface area contributed by atoms with Crippen molar-refractivity contribution in [3.05, 3.63) is 21.3 Å². The highest BCUT2D eigenvalue weighted by atomic mass is 35.5. The molecule has 0 N–H and O–H groups in total. The van der Waals surface area contributed by atoms with Crippen molar-refractivity contribution >= 4 is 40.8 Å². The van der Waals surface area contributed by atoms with Crippen LogP contribution in [-0.2, 0) is 9.53 Å².